The monoisotopic (exact) mass is 394 g/mol. The van der Waals surface area contributed by atoms with Crippen LogP contribution in [0.3, 0.4) is 0 Å². The average molecular weight is 394 g/mol. The van der Waals surface area contributed by atoms with Crippen LogP contribution >= 0.6 is 0 Å². The number of aromatic nitrogens is 1. The molecule has 0 saturated heterocycles. The average Bonchev–Trinajstić information content (AvgIpc) is 2.74. The highest BCUT2D eigenvalue weighted by Crippen LogP contribution is 2.31. The molecule has 0 saturated carbocycles. The molecule has 0 aliphatic carbocycles. The molecule has 0 radical (unpaired) electrons. The van der Waals surface area contributed by atoms with Gasteiger partial charge in [0.25, 0.3) is 11.5 Å². The predicted octanol–water partition coefficient (Wildman–Crippen LogP) is 4.37. The number of benzene rings is 2. The van der Waals surface area contributed by atoms with E-state index in [2.05, 4.69) is 5.32 Å². The minimum absolute atomic E-state index is 0.232. The molecule has 1 heterocycles. The summed E-state index contributed by atoms with van der Waals surface area (Å²) in [6.45, 7) is 5.21. The number of hydrogen-bond acceptors (Lipinski definition) is 4. The molecular weight excluding hydrogens is 368 g/mol. The summed E-state index contributed by atoms with van der Waals surface area (Å²) < 4.78 is 13.0. The highest BCUT2D eigenvalue weighted by Gasteiger charge is 2.15. The molecule has 0 spiro atoms. The summed E-state index contributed by atoms with van der Waals surface area (Å²) in [5.74, 6) is 0.895. The van der Waals surface area contributed by atoms with Crippen LogP contribution in [-0.4, -0.2) is 23.7 Å². The Bertz CT molecular complexity index is 1070. The number of amides is 1. The van der Waals surface area contributed by atoms with Gasteiger partial charge in [-0.05, 0) is 31.0 Å². The van der Waals surface area contributed by atoms with Crippen LogP contribution in [0.4, 0.5) is 5.69 Å². The van der Waals surface area contributed by atoms with E-state index in [1.54, 1.807) is 25.2 Å². The summed E-state index contributed by atoms with van der Waals surface area (Å²) in [5.41, 5.74) is 1.39. The maximum atomic E-state index is 12.9. The first-order chi connectivity index (χ1) is 14.0. The van der Waals surface area contributed by atoms with Crippen molar-refractivity contribution in [2.45, 2.75) is 26.7 Å². The second-order valence-electron chi connectivity index (χ2n) is 6.78. The standard InChI is InChI=1S/C23H26N2O4/c1-4-12-28-20-11-10-16(14-21(20)29-13-5-2)24-23(27)18-15-22(26)25(3)19-9-7-6-8-17(18)19/h6-11,14-15H,4-5,12-13H2,1-3H3,(H,24,27). The van der Waals surface area contributed by atoms with Crippen molar-refractivity contribution in [1.29, 1.82) is 0 Å². The summed E-state index contributed by atoms with van der Waals surface area (Å²) >= 11 is 0. The quantitative estimate of drug-likeness (QED) is 0.616. The molecule has 6 heteroatoms. The number of nitrogens with zero attached hydrogens (tertiary/aromatic N) is 1. The highest BCUT2D eigenvalue weighted by atomic mass is 16.5. The van der Waals surface area contributed by atoms with Gasteiger partial charge in [0.05, 0.1) is 24.3 Å². The minimum Gasteiger partial charge on any atom is -0.490 e. The third-order valence-electron chi connectivity index (χ3n) is 4.52. The lowest BCUT2D eigenvalue weighted by Crippen LogP contribution is -2.21. The fourth-order valence-electron chi connectivity index (χ4n) is 3.04. The van der Waals surface area contributed by atoms with E-state index >= 15 is 0 Å². The maximum absolute atomic E-state index is 12.9. The summed E-state index contributed by atoms with van der Waals surface area (Å²) in [4.78, 5) is 25.2. The predicted molar refractivity (Wildman–Crippen MR) is 115 cm³/mol. The van der Waals surface area contributed by atoms with Crippen molar-refractivity contribution in [3.05, 3.63) is 64.4 Å². The molecule has 0 bridgehead atoms. The first-order valence-corrected chi connectivity index (χ1v) is 9.85. The van der Waals surface area contributed by atoms with E-state index in [0.29, 0.717) is 41.5 Å². The van der Waals surface area contributed by atoms with Crippen molar-refractivity contribution in [3.8, 4) is 11.5 Å². The number of carbonyl (C=O) groups is 1. The van der Waals surface area contributed by atoms with Gasteiger partial charge in [-0.2, -0.15) is 0 Å². The van der Waals surface area contributed by atoms with Gasteiger partial charge in [-0.25, -0.2) is 0 Å². The van der Waals surface area contributed by atoms with E-state index in [1.165, 1.54) is 10.6 Å². The Balaban J connectivity index is 1.92. The number of carbonyl (C=O) groups excluding carboxylic acids is 1. The van der Waals surface area contributed by atoms with Crippen LogP contribution in [0, 0.1) is 0 Å². The summed E-state index contributed by atoms with van der Waals surface area (Å²) in [6.07, 6.45) is 1.75. The molecule has 0 aliphatic rings. The van der Waals surface area contributed by atoms with Crippen LogP contribution in [-0.2, 0) is 7.05 Å². The van der Waals surface area contributed by atoms with E-state index in [9.17, 15) is 9.59 Å². The normalized spacial score (nSPS) is 10.7. The third kappa shape index (κ3) is 4.59. The number of nitrogens with one attached hydrogen (secondary N) is 1. The highest BCUT2D eigenvalue weighted by molar-refractivity contribution is 6.12. The molecule has 29 heavy (non-hydrogen) atoms. The van der Waals surface area contributed by atoms with Gasteiger partial charge >= 0.3 is 0 Å². The number of fused-ring (bicyclic) bond motifs is 1. The third-order valence-corrected chi connectivity index (χ3v) is 4.52. The Morgan fingerprint density at radius 3 is 2.38 bits per heavy atom. The van der Waals surface area contributed by atoms with Gasteiger partial charge in [0.2, 0.25) is 0 Å². The Kier molecular flexibility index (Phi) is 6.54. The van der Waals surface area contributed by atoms with Crippen LogP contribution in [0.2, 0.25) is 0 Å². The smallest absolute Gasteiger partial charge is 0.256 e. The molecule has 3 rings (SSSR count). The Morgan fingerprint density at radius 1 is 0.966 bits per heavy atom. The molecule has 152 valence electrons. The molecule has 0 atom stereocenters. The fraction of sp³-hybridized carbons (Fsp3) is 0.304. The first kappa shape index (κ1) is 20.5. The molecule has 1 aromatic heterocycles. The number of rotatable bonds is 8. The van der Waals surface area contributed by atoms with Crippen molar-refractivity contribution in [2.75, 3.05) is 18.5 Å². The lowest BCUT2D eigenvalue weighted by molar-refractivity contribution is 0.102. The fourth-order valence-corrected chi connectivity index (χ4v) is 3.04. The molecule has 0 aliphatic heterocycles. The van der Waals surface area contributed by atoms with E-state index in [4.69, 9.17) is 9.47 Å². The van der Waals surface area contributed by atoms with E-state index in [-0.39, 0.29) is 11.5 Å². The van der Waals surface area contributed by atoms with E-state index in [0.717, 1.165) is 18.2 Å². The lowest BCUT2D eigenvalue weighted by Gasteiger charge is -2.15. The Hall–Kier alpha value is -3.28. The largest absolute Gasteiger partial charge is 0.490 e. The van der Waals surface area contributed by atoms with Crippen LogP contribution < -0.4 is 20.3 Å². The Morgan fingerprint density at radius 2 is 1.66 bits per heavy atom. The molecule has 1 amide bonds. The molecule has 2 aromatic carbocycles. The van der Waals surface area contributed by atoms with Crippen molar-refractivity contribution in [2.24, 2.45) is 7.05 Å². The zero-order valence-corrected chi connectivity index (χ0v) is 17.0. The summed E-state index contributed by atoms with van der Waals surface area (Å²) in [7, 11) is 1.69. The van der Waals surface area contributed by atoms with Crippen LogP contribution in [0.1, 0.15) is 37.0 Å². The van der Waals surface area contributed by atoms with Crippen molar-refractivity contribution in [3.63, 3.8) is 0 Å². The van der Waals surface area contributed by atoms with Crippen LogP contribution in [0.5, 0.6) is 11.5 Å². The van der Waals surface area contributed by atoms with Gasteiger partial charge in [-0.3, -0.25) is 9.59 Å². The van der Waals surface area contributed by atoms with E-state index < -0.39 is 0 Å². The maximum Gasteiger partial charge on any atom is 0.256 e. The topological polar surface area (TPSA) is 69.6 Å². The molecule has 6 nitrogen and oxygen atoms in total. The second-order valence-corrected chi connectivity index (χ2v) is 6.78. The first-order valence-electron chi connectivity index (χ1n) is 9.85. The molecular formula is C23H26N2O4. The van der Waals surface area contributed by atoms with Crippen molar-refractivity contribution < 1.29 is 14.3 Å². The Labute approximate surface area is 170 Å². The summed E-state index contributed by atoms with van der Waals surface area (Å²) in [6, 6.07) is 14.0. The molecule has 1 N–H and O–H groups in total. The SMILES string of the molecule is CCCOc1ccc(NC(=O)c2cc(=O)n(C)c3ccccc23)cc1OCCC. The van der Waals surface area contributed by atoms with Crippen molar-refractivity contribution in [1.82, 2.24) is 4.57 Å². The molecule has 0 unspecified atom stereocenters. The van der Waals surface area contributed by atoms with Gasteiger partial charge in [-0.1, -0.05) is 32.0 Å². The van der Waals surface area contributed by atoms with Gasteiger partial charge in [0, 0.05) is 30.3 Å². The number of para-hydroxylation sites is 1. The number of ether oxygens (including phenoxy) is 2. The second kappa shape index (κ2) is 9.28. The number of pyridine rings is 1. The summed E-state index contributed by atoms with van der Waals surface area (Å²) in [5, 5.41) is 3.59. The van der Waals surface area contributed by atoms with Gasteiger partial charge in [0.1, 0.15) is 0 Å². The lowest BCUT2D eigenvalue weighted by atomic mass is 10.1. The minimum atomic E-state index is -0.345. The zero-order chi connectivity index (χ0) is 20.8. The van der Waals surface area contributed by atoms with E-state index in [1.807, 2.05) is 38.1 Å². The van der Waals surface area contributed by atoms with Crippen molar-refractivity contribution >= 4 is 22.5 Å². The van der Waals surface area contributed by atoms with Crippen LogP contribution in [0.15, 0.2) is 53.3 Å². The van der Waals surface area contributed by atoms with Gasteiger partial charge < -0.3 is 19.4 Å². The number of anilines is 1. The zero-order valence-electron chi connectivity index (χ0n) is 17.0. The number of hydrogen-bond donors (Lipinski definition) is 1. The van der Waals surface area contributed by atoms with Gasteiger partial charge in [-0.15, -0.1) is 0 Å². The molecule has 3 aromatic rings. The number of aryl methyl sites for hydroxylation is 1. The van der Waals surface area contributed by atoms with Crippen LogP contribution in [0.25, 0.3) is 10.9 Å². The molecule has 0 fully saturated rings. The van der Waals surface area contributed by atoms with Gasteiger partial charge in [0.15, 0.2) is 11.5 Å².